The molecule has 2 aromatic heterocycles. The number of pyridine rings is 1. The smallest absolute Gasteiger partial charge is 0.130 e. The molecule has 0 aromatic carbocycles. The lowest BCUT2D eigenvalue weighted by atomic mass is 10.1. The zero-order valence-electron chi connectivity index (χ0n) is 11.8. The molecule has 0 bridgehead atoms. The minimum absolute atomic E-state index is 0.134. The van der Waals surface area contributed by atoms with Crippen LogP contribution in [0.15, 0.2) is 30.9 Å². The number of rotatable bonds is 4. The molecule has 0 amide bonds. The molecule has 1 aliphatic rings. The maximum atomic E-state index is 5.83. The van der Waals surface area contributed by atoms with E-state index in [2.05, 4.69) is 10.1 Å². The standard InChI is InChI=1S/C15H19N3O2/c1-11(2)20-15-3-5-16-8-14(15)12-7-17-18(9-12)13-4-6-19-10-13/h3,5,7-9,11,13H,4,6,10H2,1-2H3/t13-/m1/s1. The molecule has 0 saturated carbocycles. The van der Waals surface area contributed by atoms with Crippen molar-refractivity contribution >= 4 is 0 Å². The van der Waals surface area contributed by atoms with Crippen LogP contribution < -0.4 is 4.74 Å². The maximum Gasteiger partial charge on any atom is 0.130 e. The normalized spacial score (nSPS) is 18.6. The van der Waals surface area contributed by atoms with Gasteiger partial charge in [0.05, 0.1) is 24.9 Å². The fraction of sp³-hybridized carbons (Fsp3) is 0.467. The lowest BCUT2D eigenvalue weighted by molar-refractivity contribution is 0.184. The summed E-state index contributed by atoms with van der Waals surface area (Å²) < 4.78 is 13.2. The molecule has 3 rings (SSSR count). The highest BCUT2D eigenvalue weighted by Crippen LogP contribution is 2.30. The summed E-state index contributed by atoms with van der Waals surface area (Å²) in [5.74, 6) is 0.845. The van der Waals surface area contributed by atoms with E-state index in [0.29, 0.717) is 6.04 Å². The second kappa shape index (κ2) is 5.63. The Bertz CT molecular complexity index is 574. The van der Waals surface area contributed by atoms with Gasteiger partial charge in [-0.05, 0) is 26.3 Å². The molecule has 0 radical (unpaired) electrons. The Kier molecular flexibility index (Phi) is 3.69. The van der Waals surface area contributed by atoms with Crippen molar-refractivity contribution in [3.8, 4) is 16.9 Å². The van der Waals surface area contributed by atoms with Crippen LogP contribution in [0.3, 0.4) is 0 Å². The van der Waals surface area contributed by atoms with Crippen molar-refractivity contribution < 1.29 is 9.47 Å². The summed E-state index contributed by atoms with van der Waals surface area (Å²) in [6, 6.07) is 2.24. The van der Waals surface area contributed by atoms with Gasteiger partial charge in [0.15, 0.2) is 0 Å². The Morgan fingerprint density at radius 1 is 1.40 bits per heavy atom. The largest absolute Gasteiger partial charge is 0.490 e. The monoisotopic (exact) mass is 273 g/mol. The van der Waals surface area contributed by atoms with Gasteiger partial charge in [-0.1, -0.05) is 0 Å². The molecule has 1 aliphatic heterocycles. The zero-order chi connectivity index (χ0) is 13.9. The third kappa shape index (κ3) is 2.67. The Balaban J connectivity index is 1.89. The van der Waals surface area contributed by atoms with Gasteiger partial charge in [0.25, 0.3) is 0 Å². The topological polar surface area (TPSA) is 49.2 Å². The SMILES string of the molecule is CC(C)Oc1ccncc1-c1cnn([C@@H]2CCOC2)c1. The van der Waals surface area contributed by atoms with Crippen molar-refractivity contribution in [3.63, 3.8) is 0 Å². The Morgan fingerprint density at radius 2 is 2.30 bits per heavy atom. The van der Waals surface area contributed by atoms with Gasteiger partial charge in [-0.15, -0.1) is 0 Å². The van der Waals surface area contributed by atoms with Crippen LogP contribution in [-0.2, 0) is 4.74 Å². The first-order chi connectivity index (χ1) is 9.74. The van der Waals surface area contributed by atoms with Crippen molar-refractivity contribution in [2.24, 2.45) is 0 Å². The molecule has 0 spiro atoms. The highest BCUT2D eigenvalue weighted by molar-refractivity contribution is 5.68. The third-order valence-corrected chi connectivity index (χ3v) is 3.34. The summed E-state index contributed by atoms with van der Waals surface area (Å²) in [6.45, 7) is 5.59. The number of ether oxygens (including phenoxy) is 2. The van der Waals surface area contributed by atoms with Gasteiger partial charge >= 0.3 is 0 Å². The molecule has 1 saturated heterocycles. The Hall–Kier alpha value is -1.88. The minimum atomic E-state index is 0.134. The second-order valence-electron chi connectivity index (χ2n) is 5.26. The summed E-state index contributed by atoms with van der Waals surface area (Å²) in [6.07, 6.45) is 8.63. The molecule has 1 atom stereocenters. The van der Waals surface area contributed by atoms with E-state index in [9.17, 15) is 0 Å². The van der Waals surface area contributed by atoms with Crippen LogP contribution in [0.2, 0.25) is 0 Å². The molecule has 0 N–H and O–H groups in total. The lowest BCUT2D eigenvalue weighted by Gasteiger charge is -2.12. The average Bonchev–Trinajstić information content (AvgIpc) is 3.10. The fourth-order valence-electron chi connectivity index (χ4n) is 2.36. The van der Waals surface area contributed by atoms with E-state index >= 15 is 0 Å². The number of hydrogen-bond acceptors (Lipinski definition) is 4. The van der Waals surface area contributed by atoms with Crippen LogP contribution in [0, 0.1) is 0 Å². The predicted molar refractivity (Wildman–Crippen MR) is 75.7 cm³/mol. The Labute approximate surface area is 118 Å². The van der Waals surface area contributed by atoms with Crippen LogP contribution in [0.25, 0.3) is 11.1 Å². The van der Waals surface area contributed by atoms with Crippen LogP contribution in [-0.4, -0.2) is 34.1 Å². The molecule has 20 heavy (non-hydrogen) atoms. The van der Waals surface area contributed by atoms with E-state index in [1.165, 1.54) is 0 Å². The molecule has 1 fully saturated rings. The summed E-state index contributed by atoms with van der Waals surface area (Å²) >= 11 is 0. The maximum absolute atomic E-state index is 5.83. The van der Waals surface area contributed by atoms with Gasteiger partial charge < -0.3 is 9.47 Å². The van der Waals surface area contributed by atoms with E-state index in [1.807, 2.05) is 43.2 Å². The first-order valence-electron chi connectivity index (χ1n) is 6.97. The molecular formula is C15H19N3O2. The fourth-order valence-corrected chi connectivity index (χ4v) is 2.36. The molecule has 5 nitrogen and oxygen atoms in total. The summed E-state index contributed by atoms with van der Waals surface area (Å²) in [5, 5.41) is 4.45. The number of hydrogen-bond donors (Lipinski definition) is 0. The van der Waals surface area contributed by atoms with Gasteiger partial charge in [-0.3, -0.25) is 9.67 Å². The van der Waals surface area contributed by atoms with Crippen LogP contribution >= 0.6 is 0 Å². The summed E-state index contributed by atoms with van der Waals surface area (Å²) in [7, 11) is 0. The first kappa shape index (κ1) is 13.1. The third-order valence-electron chi connectivity index (χ3n) is 3.34. The molecule has 5 heteroatoms. The van der Waals surface area contributed by atoms with Crippen molar-refractivity contribution in [1.29, 1.82) is 0 Å². The van der Waals surface area contributed by atoms with Crippen molar-refractivity contribution in [2.75, 3.05) is 13.2 Å². The van der Waals surface area contributed by atoms with Crippen LogP contribution in [0.1, 0.15) is 26.3 Å². The molecule has 0 unspecified atom stereocenters. The van der Waals surface area contributed by atoms with Crippen molar-refractivity contribution in [1.82, 2.24) is 14.8 Å². The quantitative estimate of drug-likeness (QED) is 0.859. The lowest BCUT2D eigenvalue weighted by Crippen LogP contribution is -2.08. The van der Waals surface area contributed by atoms with Gasteiger partial charge in [0, 0.05) is 36.3 Å². The molecular weight excluding hydrogens is 254 g/mol. The van der Waals surface area contributed by atoms with E-state index in [-0.39, 0.29) is 6.10 Å². The van der Waals surface area contributed by atoms with E-state index in [4.69, 9.17) is 9.47 Å². The highest BCUT2D eigenvalue weighted by atomic mass is 16.5. The van der Waals surface area contributed by atoms with Crippen LogP contribution in [0.4, 0.5) is 0 Å². The van der Waals surface area contributed by atoms with Gasteiger partial charge in [0.1, 0.15) is 5.75 Å². The van der Waals surface area contributed by atoms with Gasteiger partial charge in [0.2, 0.25) is 0 Å². The first-order valence-corrected chi connectivity index (χ1v) is 6.97. The molecule has 0 aliphatic carbocycles. The summed E-state index contributed by atoms with van der Waals surface area (Å²) in [4.78, 5) is 4.19. The summed E-state index contributed by atoms with van der Waals surface area (Å²) in [5.41, 5.74) is 2.01. The second-order valence-corrected chi connectivity index (χ2v) is 5.26. The van der Waals surface area contributed by atoms with Crippen molar-refractivity contribution in [2.45, 2.75) is 32.4 Å². The number of aromatic nitrogens is 3. The number of nitrogens with zero attached hydrogens (tertiary/aromatic N) is 3. The minimum Gasteiger partial charge on any atom is -0.490 e. The molecule has 3 heterocycles. The van der Waals surface area contributed by atoms with E-state index < -0.39 is 0 Å². The van der Waals surface area contributed by atoms with Gasteiger partial charge in [-0.2, -0.15) is 5.10 Å². The van der Waals surface area contributed by atoms with E-state index in [0.717, 1.165) is 36.5 Å². The van der Waals surface area contributed by atoms with Crippen LogP contribution in [0.5, 0.6) is 5.75 Å². The zero-order valence-corrected chi connectivity index (χ0v) is 11.8. The predicted octanol–water partition coefficient (Wildman–Crippen LogP) is 2.69. The average molecular weight is 273 g/mol. The molecule has 106 valence electrons. The van der Waals surface area contributed by atoms with Gasteiger partial charge in [-0.25, -0.2) is 0 Å². The van der Waals surface area contributed by atoms with Crippen molar-refractivity contribution in [3.05, 3.63) is 30.9 Å². The molecule has 2 aromatic rings. The van der Waals surface area contributed by atoms with E-state index in [1.54, 1.807) is 6.20 Å². The highest BCUT2D eigenvalue weighted by Gasteiger charge is 2.19. The Morgan fingerprint density at radius 3 is 3.05 bits per heavy atom.